The fourth-order valence-corrected chi connectivity index (χ4v) is 1.85. The number of amides is 1. The van der Waals surface area contributed by atoms with Crippen molar-refractivity contribution in [2.24, 2.45) is 0 Å². The lowest BCUT2D eigenvalue weighted by Gasteiger charge is -2.11. The average Bonchev–Trinajstić information content (AvgIpc) is 2.16. The predicted octanol–water partition coefficient (Wildman–Crippen LogP) is 2.05. The number of benzene rings is 1. The molecule has 0 spiro atoms. The van der Waals surface area contributed by atoms with Crippen molar-refractivity contribution in [3.05, 3.63) is 33.8 Å². The second-order valence-corrected chi connectivity index (χ2v) is 4.93. The summed E-state index contributed by atoms with van der Waals surface area (Å²) < 4.78 is 0.995. The van der Waals surface area contributed by atoms with Crippen LogP contribution in [-0.2, 0) is 0 Å². The Morgan fingerprint density at radius 3 is 2.69 bits per heavy atom. The summed E-state index contributed by atoms with van der Waals surface area (Å²) in [7, 11) is 3.97. The summed E-state index contributed by atoms with van der Waals surface area (Å²) in [6.45, 7) is 3.45. The number of likely N-dealkylation sites (N-methyl/N-ethyl adjacent to an activating group) is 1. The highest BCUT2D eigenvalue weighted by Crippen LogP contribution is 2.15. The molecule has 0 aliphatic rings. The molecule has 16 heavy (non-hydrogen) atoms. The maximum Gasteiger partial charge on any atom is 0.251 e. The molecule has 0 aromatic heterocycles. The molecule has 0 saturated heterocycles. The van der Waals surface area contributed by atoms with Crippen molar-refractivity contribution >= 4 is 21.8 Å². The van der Waals surface area contributed by atoms with Crippen LogP contribution in [0.3, 0.4) is 0 Å². The Morgan fingerprint density at radius 1 is 1.44 bits per heavy atom. The molecule has 0 unspecified atom stereocenters. The van der Waals surface area contributed by atoms with E-state index < -0.39 is 0 Å². The van der Waals surface area contributed by atoms with Crippen molar-refractivity contribution in [2.45, 2.75) is 6.92 Å². The molecule has 1 rings (SSSR count). The molecule has 0 saturated carbocycles. The lowest BCUT2D eigenvalue weighted by Crippen LogP contribution is -2.31. The van der Waals surface area contributed by atoms with Crippen molar-refractivity contribution in [1.29, 1.82) is 0 Å². The number of hydrogen-bond acceptors (Lipinski definition) is 2. The maximum absolute atomic E-state index is 11.8. The number of carbonyl (C=O) groups is 1. The third kappa shape index (κ3) is 3.94. The molecule has 1 amide bonds. The van der Waals surface area contributed by atoms with Crippen LogP contribution in [0.2, 0.25) is 0 Å². The normalized spacial score (nSPS) is 10.6. The molecule has 1 aromatic carbocycles. The Kier molecular flexibility index (Phi) is 4.96. The van der Waals surface area contributed by atoms with E-state index in [2.05, 4.69) is 21.2 Å². The van der Waals surface area contributed by atoms with Gasteiger partial charge in [0, 0.05) is 23.1 Å². The summed E-state index contributed by atoms with van der Waals surface area (Å²) in [6, 6.07) is 5.67. The number of rotatable bonds is 4. The smallest absolute Gasteiger partial charge is 0.251 e. The molecule has 0 aliphatic carbocycles. The van der Waals surface area contributed by atoms with Gasteiger partial charge in [-0.15, -0.1) is 0 Å². The molecule has 1 N–H and O–H groups in total. The molecule has 0 aliphatic heterocycles. The zero-order valence-corrected chi connectivity index (χ0v) is 11.5. The van der Waals surface area contributed by atoms with Gasteiger partial charge in [0.25, 0.3) is 5.91 Å². The van der Waals surface area contributed by atoms with Gasteiger partial charge < -0.3 is 10.2 Å². The van der Waals surface area contributed by atoms with Crippen LogP contribution < -0.4 is 5.32 Å². The van der Waals surface area contributed by atoms with Gasteiger partial charge >= 0.3 is 0 Å². The minimum Gasteiger partial charge on any atom is -0.351 e. The van der Waals surface area contributed by atoms with Gasteiger partial charge in [-0.3, -0.25) is 4.79 Å². The fraction of sp³-hybridized carbons (Fsp3) is 0.417. The van der Waals surface area contributed by atoms with Gasteiger partial charge in [0.05, 0.1) is 0 Å². The lowest BCUT2D eigenvalue weighted by molar-refractivity contribution is 0.0950. The molecule has 4 heteroatoms. The summed E-state index contributed by atoms with van der Waals surface area (Å²) in [5, 5.41) is 2.89. The summed E-state index contributed by atoms with van der Waals surface area (Å²) in [5.41, 5.74) is 1.72. The first-order valence-electron chi connectivity index (χ1n) is 5.20. The van der Waals surface area contributed by atoms with Crippen molar-refractivity contribution in [2.75, 3.05) is 27.2 Å². The third-order valence-electron chi connectivity index (χ3n) is 2.28. The topological polar surface area (TPSA) is 32.3 Å². The molecule has 0 fully saturated rings. The summed E-state index contributed by atoms with van der Waals surface area (Å²) >= 11 is 3.38. The number of aryl methyl sites for hydroxylation is 1. The van der Waals surface area contributed by atoms with Crippen molar-refractivity contribution in [1.82, 2.24) is 10.2 Å². The standard InChI is InChI=1S/C12H17BrN2O/c1-9-8-10(13)4-5-11(9)12(16)14-6-7-15(2)3/h4-5,8H,6-7H2,1-3H3,(H,14,16). The van der Waals surface area contributed by atoms with E-state index in [-0.39, 0.29) is 5.91 Å². The molecule has 0 atom stereocenters. The van der Waals surface area contributed by atoms with Gasteiger partial charge in [-0.05, 0) is 44.8 Å². The Labute approximate surface area is 105 Å². The zero-order chi connectivity index (χ0) is 12.1. The quantitative estimate of drug-likeness (QED) is 0.918. The van der Waals surface area contributed by atoms with Gasteiger partial charge in [-0.25, -0.2) is 0 Å². The Morgan fingerprint density at radius 2 is 2.12 bits per heavy atom. The molecule has 3 nitrogen and oxygen atoms in total. The van der Waals surface area contributed by atoms with Crippen LogP contribution in [0, 0.1) is 6.92 Å². The first-order valence-corrected chi connectivity index (χ1v) is 5.99. The van der Waals surface area contributed by atoms with Crippen LogP contribution in [0.25, 0.3) is 0 Å². The second-order valence-electron chi connectivity index (χ2n) is 4.02. The number of carbonyl (C=O) groups excluding carboxylic acids is 1. The van der Waals surface area contributed by atoms with E-state index in [1.807, 2.05) is 44.1 Å². The van der Waals surface area contributed by atoms with Crippen LogP contribution in [0.1, 0.15) is 15.9 Å². The van der Waals surface area contributed by atoms with E-state index in [1.165, 1.54) is 0 Å². The van der Waals surface area contributed by atoms with E-state index in [0.29, 0.717) is 6.54 Å². The molecular weight excluding hydrogens is 268 g/mol. The molecule has 1 aromatic rings. The number of halogens is 1. The van der Waals surface area contributed by atoms with E-state index in [4.69, 9.17) is 0 Å². The van der Waals surface area contributed by atoms with Crippen molar-refractivity contribution in [3.63, 3.8) is 0 Å². The summed E-state index contributed by atoms with van der Waals surface area (Å²) in [4.78, 5) is 13.8. The number of nitrogens with one attached hydrogen (secondary N) is 1. The van der Waals surface area contributed by atoms with Crippen LogP contribution in [0.4, 0.5) is 0 Å². The van der Waals surface area contributed by atoms with E-state index >= 15 is 0 Å². The predicted molar refractivity (Wildman–Crippen MR) is 69.8 cm³/mol. The average molecular weight is 285 g/mol. The lowest BCUT2D eigenvalue weighted by atomic mass is 10.1. The Bertz CT molecular complexity index is 377. The highest BCUT2D eigenvalue weighted by molar-refractivity contribution is 9.10. The Balaban J connectivity index is 2.59. The van der Waals surface area contributed by atoms with Gasteiger partial charge in [-0.2, -0.15) is 0 Å². The van der Waals surface area contributed by atoms with E-state index in [0.717, 1.165) is 22.1 Å². The van der Waals surface area contributed by atoms with E-state index in [9.17, 15) is 4.79 Å². The van der Waals surface area contributed by atoms with Crippen LogP contribution in [0.15, 0.2) is 22.7 Å². The number of nitrogens with zero attached hydrogens (tertiary/aromatic N) is 1. The largest absolute Gasteiger partial charge is 0.351 e. The first-order chi connectivity index (χ1) is 7.50. The zero-order valence-electron chi connectivity index (χ0n) is 9.88. The van der Waals surface area contributed by atoms with Crippen LogP contribution in [0.5, 0.6) is 0 Å². The molecule has 0 heterocycles. The first kappa shape index (κ1) is 13.2. The monoisotopic (exact) mass is 284 g/mol. The molecular formula is C12H17BrN2O. The summed E-state index contributed by atoms with van der Waals surface area (Å²) in [6.07, 6.45) is 0. The minimum atomic E-state index is -0.00755. The van der Waals surface area contributed by atoms with Gasteiger partial charge in [-0.1, -0.05) is 15.9 Å². The van der Waals surface area contributed by atoms with E-state index in [1.54, 1.807) is 0 Å². The van der Waals surface area contributed by atoms with Gasteiger partial charge in [0.2, 0.25) is 0 Å². The second kappa shape index (κ2) is 6.01. The third-order valence-corrected chi connectivity index (χ3v) is 2.77. The van der Waals surface area contributed by atoms with Gasteiger partial charge in [0.15, 0.2) is 0 Å². The van der Waals surface area contributed by atoms with Crippen molar-refractivity contribution in [3.8, 4) is 0 Å². The highest BCUT2D eigenvalue weighted by atomic mass is 79.9. The van der Waals surface area contributed by atoms with Crippen molar-refractivity contribution < 1.29 is 4.79 Å². The van der Waals surface area contributed by atoms with Gasteiger partial charge in [0.1, 0.15) is 0 Å². The summed E-state index contributed by atoms with van der Waals surface area (Å²) in [5.74, 6) is -0.00755. The maximum atomic E-state index is 11.8. The SMILES string of the molecule is Cc1cc(Br)ccc1C(=O)NCCN(C)C. The molecule has 0 bridgehead atoms. The molecule has 88 valence electrons. The highest BCUT2D eigenvalue weighted by Gasteiger charge is 2.08. The Hall–Kier alpha value is -0.870. The minimum absolute atomic E-state index is 0.00755. The fourth-order valence-electron chi connectivity index (χ4n) is 1.37. The van der Waals surface area contributed by atoms with Crippen LogP contribution in [-0.4, -0.2) is 38.0 Å². The molecule has 0 radical (unpaired) electrons. The van der Waals surface area contributed by atoms with Crippen LogP contribution >= 0.6 is 15.9 Å². The number of hydrogen-bond donors (Lipinski definition) is 1.